The van der Waals surface area contributed by atoms with E-state index in [2.05, 4.69) is 9.97 Å². The maximum Gasteiger partial charge on any atom is 0.255 e. The minimum absolute atomic E-state index is 0.628. The van der Waals surface area contributed by atoms with Crippen molar-refractivity contribution in [3.63, 3.8) is 0 Å². The molecule has 0 fully saturated rings. The first-order chi connectivity index (χ1) is 7.83. The summed E-state index contributed by atoms with van der Waals surface area (Å²) in [4.78, 5) is 7.22. The molecular weight excluding hydrogens is 204 g/mol. The Morgan fingerprint density at radius 2 is 1.81 bits per heavy atom. The minimum Gasteiger partial charge on any atom is -0.344 e. The van der Waals surface area contributed by atoms with E-state index in [4.69, 9.17) is 9.47 Å². The fourth-order valence-electron chi connectivity index (χ4n) is 1.75. The van der Waals surface area contributed by atoms with Crippen molar-refractivity contribution in [2.75, 3.05) is 14.2 Å². The van der Waals surface area contributed by atoms with Gasteiger partial charge < -0.3 is 14.5 Å². The van der Waals surface area contributed by atoms with Crippen LogP contribution in [0.4, 0.5) is 0 Å². The number of ether oxygens (including phenoxy) is 2. The summed E-state index contributed by atoms with van der Waals surface area (Å²) in [5, 5.41) is 0. The monoisotopic (exact) mass is 218 g/mol. The topological polar surface area (TPSA) is 47.1 Å². The predicted molar refractivity (Wildman–Crippen MR) is 59.8 cm³/mol. The summed E-state index contributed by atoms with van der Waals surface area (Å²) in [6, 6.07) is 9.70. The fourth-order valence-corrected chi connectivity index (χ4v) is 1.75. The Kier molecular flexibility index (Phi) is 3.03. The molecule has 2 rings (SSSR count). The molecular formula is C12H14N2O2. The lowest BCUT2D eigenvalue weighted by Gasteiger charge is -2.29. The van der Waals surface area contributed by atoms with Crippen molar-refractivity contribution in [1.29, 1.82) is 0 Å². The van der Waals surface area contributed by atoms with Crippen LogP contribution in [-0.2, 0) is 15.3 Å². The van der Waals surface area contributed by atoms with E-state index in [1.54, 1.807) is 26.6 Å². The number of methoxy groups -OCH3 is 2. The van der Waals surface area contributed by atoms with Gasteiger partial charge in [0.2, 0.25) is 0 Å². The quantitative estimate of drug-likeness (QED) is 0.797. The Bertz CT molecular complexity index is 422. The van der Waals surface area contributed by atoms with Gasteiger partial charge in [-0.2, -0.15) is 0 Å². The van der Waals surface area contributed by atoms with E-state index < -0.39 is 5.79 Å². The van der Waals surface area contributed by atoms with E-state index in [0.717, 1.165) is 5.56 Å². The van der Waals surface area contributed by atoms with Gasteiger partial charge in [-0.15, -0.1) is 0 Å². The molecule has 2 aromatic rings. The maximum absolute atomic E-state index is 5.50. The number of hydrogen-bond acceptors (Lipinski definition) is 3. The summed E-state index contributed by atoms with van der Waals surface area (Å²) in [7, 11) is 3.19. The number of benzene rings is 1. The Hall–Kier alpha value is -1.65. The molecule has 1 N–H and O–H groups in total. The van der Waals surface area contributed by atoms with E-state index in [1.165, 1.54) is 0 Å². The van der Waals surface area contributed by atoms with Crippen LogP contribution in [0.3, 0.4) is 0 Å². The van der Waals surface area contributed by atoms with Crippen molar-refractivity contribution in [1.82, 2.24) is 9.97 Å². The third kappa shape index (κ3) is 1.62. The molecule has 0 amide bonds. The van der Waals surface area contributed by atoms with Crippen LogP contribution >= 0.6 is 0 Å². The smallest absolute Gasteiger partial charge is 0.255 e. The number of imidazole rings is 1. The van der Waals surface area contributed by atoms with Gasteiger partial charge >= 0.3 is 0 Å². The number of H-pyrrole nitrogens is 1. The van der Waals surface area contributed by atoms with Crippen LogP contribution in [0, 0.1) is 0 Å². The van der Waals surface area contributed by atoms with E-state index in [9.17, 15) is 0 Å². The van der Waals surface area contributed by atoms with Gasteiger partial charge in [0.1, 0.15) is 0 Å². The number of aromatic nitrogens is 2. The number of nitrogens with one attached hydrogen (secondary N) is 1. The van der Waals surface area contributed by atoms with Gasteiger partial charge in [0, 0.05) is 32.2 Å². The standard InChI is InChI=1S/C12H14N2O2/c1-15-12(16-2,11-13-8-9-14-11)10-6-4-3-5-7-10/h3-9H,1-2H3,(H,13,14). The van der Waals surface area contributed by atoms with Crippen molar-refractivity contribution in [3.8, 4) is 0 Å². The predicted octanol–water partition coefficient (Wildman–Crippen LogP) is 1.90. The summed E-state index contributed by atoms with van der Waals surface area (Å²) in [6.45, 7) is 0. The maximum atomic E-state index is 5.50. The minimum atomic E-state index is -0.967. The molecule has 0 saturated heterocycles. The van der Waals surface area contributed by atoms with E-state index in [1.807, 2.05) is 30.3 Å². The van der Waals surface area contributed by atoms with Gasteiger partial charge in [0.15, 0.2) is 5.82 Å². The molecule has 4 heteroatoms. The molecule has 0 aliphatic rings. The molecule has 0 bridgehead atoms. The van der Waals surface area contributed by atoms with Crippen molar-refractivity contribution < 1.29 is 9.47 Å². The van der Waals surface area contributed by atoms with Crippen LogP contribution in [-0.4, -0.2) is 24.2 Å². The van der Waals surface area contributed by atoms with Crippen LogP contribution in [0.25, 0.3) is 0 Å². The molecule has 1 aromatic carbocycles. The van der Waals surface area contributed by atoms with Gasteiger partial charge in [-0.05, 0) is 0 Å². The van der Waals surface area contributed by atoms with Crippen molar-refractivity contribution >= 4 is 0 Å². The van der Waals surface area contributed by atoms with E-state index in [-0.39, 0.29) is 0 Å². The molecule has 1 aromatic heterocycles. The highest BCUT2D eigenvalue weighted by atomic mass is 16.7. The molecule has 16 heavy (non-hydrogen) atoms. The lowest BCUT2D eigenvalue weighted by atomic mass is 10.1. The number of hydrogen-bond donors (Lipinski definition) is 1. The molecule has 0 spiro atoms. The number of rotatable bonds is 4. The van der Waals surface area contributed by atoms with E-state index >= 15 is 0 Å². The van der Waals surface area contributed by atoms with Gasteiger partial charge in [0.05, 0.1) is 0 Å². The normalized spacial score (nSPS) is 11.6. The van der Waals surface area contributed by atoms with Crippen LogP contribution in [0.2, 0.25) is 0 Å². The molecule has 84 valence electrons. The fraction of sp³-hybridized carbons (Fsp3) is 0.250. The second-order valence-corrected chi connectivity index (χ2v) is 3.33. The molecule has 0 saturated carbocycles. The van der Waals surface area contributed by atoms with Gasteiger partial charge in [-0.25, -0.2) is 4.98 Å². The summed E-state index contributed by atoms with van der Waals surface area (Å²) in [5.41, 5.74) is 0.898. The first kappa shape index (κ1) is 10.9. The summed E-state index contributed by atoms with van der Waals surface area (Å²) in [6.07, 6.45) is 3.41. The van der Waals surface area contributed by atoms with Gasteiger partial charge in [-0.3, -0.25) is 0 Å². The van der Waals surface area contributed by atoms with Gasteiger partial charge in [-0.1, -0.05) is 30.3 Å². The third-order valence-electron chi connectivity index (χ3n) is 2.54. The van der Waals surface area contributed by atoms with Crippen molar-refractivity contribution in [2.45, 2.75) is 5.79 Å². The first-order valence-corrected chi connectivity index (χ1v) is 4.99. The first-order valence-electron chi connectivity index (χ1n) is 4.99. The summed E-state index contributed by atoms with van der Waals surface area (Å²) < 4.78 is 11.0. The Balaban J connectivity index is 2.52. The summed E-state index contributed by atoms with van der Waals surface area (Å²) in [5.74, 6) is -0.339. The van der Waals surface area contributed by atoms with E-state index in [0.29, 0.717) is 5.82 Å². The lowest BCUT2D eigenvalue weighted by molar-refractivity contribution is -0.188. The summed E-state index contributed by atoms with van der Waals surface area (Å²) >= 11 is 0. The highest BCUT2D eigenvalue weighted by Gasteiger charge is 2.37. The van der Waals surface area contributed by atoms with Crippen LogP contribution in [0.5, 0.6) is 0 Å². The van der Waals surface area contributed by atoms with Crippen LogP contribution in [0.1, 0.15) is 11.4 Å². The second kappa shape index (κ2) is 4.47. The molecule has 0 aliphatic carbocycles. The molecule has 0 atom stereocenters. The highest BCUT2D eigenvalue weighted by molar-refractivity contribution is 5.26. The Labute approximate surface area is 94.2 Å². The zero-order valence-electron chi connectivity index (χ0n) is 9.31. The van der Waals surface area contributed by atoms with Crippen molar-refractivity contribution in [3.05, 3.63) is 54.1 Å². The SMILES string of the molecule is COC(OC)(c1ccccc1)c1ncc[nH]1. The highest BCUT2D eigenvalue weighted by Crippen LogP contribution is 2.31. The Morgan fingerprint density at radius 1 is 1.12 bits per heavy atom. The van der Waals surface area contributed by atoms with Crippen LogP contribution < -0.4 is 0 Å². The molecule has 1 heterocycles. The second-order valence-electron chi connectivity index (χ2n) is 3.33. The van der Waals surface area contributed by atoms with Crippen LogP contribution in [0.15, 0.2) is 42.7 Å². The zero-order valence-corrected chi connectivity index (χ0v) is 9.31. The average molecular weight is 218 g/mol. The van der Waals surface area contributed by atoms with Gasteiger partial charge in [0.25, 0.3) is 5.79 Å². The molecule has 0 radical (unpaired) electrons. The number of aromatic amines is 1. The van der Waals surface area contributed by atoms with Crippen molar-refractivity contribution in [2.24, 2.45) is 0 Å². The Morgan fingerprint density at radius 3 is 2.31 bits per heavy atom. The molecule has 0 aliphatic heterocycles. The number of nitrogens with zero attached hydrogens (tertiary/aromatic N) is 1. The molecule has 4 nitrogen and oxygen atoms in total. The molecule has 0 unspecified atom stereocenters. The lowest BCUT2D eigenvalue weighted by Crippen LogP contribution is -2.33. The average Bonchev–Trinajstić information content (AvgIpc) is 2.87. The largest absolute Gasteiger partial charge is 0.344 e. The third-order valence-corrected chi connectivity index (χ3v) is 2.54. The zero-order chi connectivity index (χ0) is 11.4.